The van der Waals surface area contributed by atoms with E-state index < -0.39 is 16.0 Å². The van der Waals surface area contributed by atoms with Gasteiger partial charge in [-0.3, -0.25) is 4.44 Å². The van der Waals surface area contributed by atoms with E-state index in [-0.39, 0.29) is 16.0 Å². The van der Waals surface area contributed by atoms with Crippen LogP contribution < -0.4 is 31.8 Å². The maximum atomic E-state index is 3.01. The number of hydrogen-bond donors (Lipinski definition) is 0. The first kappa shape index (κ1) is 38.0. The zero-order chi connectivity index (χ0) is 35.9. The molecule has 0 radical (unpaired) electrons. The summed E-state index contributed by atoms with van der Waals surface area (Å²) >= 11 is 0. The van der Waals surface area contributed by atoms with Crippen LogP contribution in [-0.2, 0) is 6.54 Å². The Balaban J connectivity index is 1.20. The molecule has 5 aromatic rings. The summed E-state index contributed by atoms with van der Waals surface area (Å²) in [7, 11) is 0.673. The zero-order valence-electron chi connectivity index (χ0n) is 31.6. The van der Waals surface area contributed by atoms with Crippen molar-refractivity contribution in [1.82, 2.24) is 9.34 Å². The number of rotatable bonds is 13. The van der Waals surface area contributed by atoms with Crippen LogP contribution in [0.4, 0.5) is 0 Å². The van der Waals surface area contributed by atoms with Gasteiger partial charge in [0.1, 0.15) is 0 Å². The van der Waals surface area contributed by atoms with E-state index >= 15 is 0 Å². The molecule has 52 heavy (non-hydrogen) atoms. The van der Waals surface area contributed by atoms with E-state index in [1.54, 1.807) is 10.6 Å². The Kier molecular flexibility index (Phi) is 13.4. The van der Waals surface area contributed by atoms with Gasteiger partial charge in [-0.05, 0) is 115 Å². The normalized spacial score (nSPS) is 21.1. The topological polar surface area (TPSA) is 6.48 Å². The van der Waals surface area contributed by atoms with Crippen LogP contribution in [0, 0.1) is 0 Å². The van der Waals surface area contributed by atoms with Crippen LogP contribution in [0.15, 0.2) is 140 Å². The van der Waals surface area contributed by atoms with Crippen molar-refractivity contribution in [1.29, 1.82) is 0 Å². The second-order valence-electron chi connectivity index (χ2n) is 14.8. The second-order valence-corrected chi connectivity index (χ2v) is 25.2. The second kappa shape index (κ2) is 18.4. The fraction of sp³-hybridized carbons (Fsp3) is 0.348. The third-order valence-electron chi connectivity index (χ3n) is 11.0. The molecule has 2 nitrogen and oxygen atoms in total. The molecule has 0 spiro atoms. The van der Waals surface area contributed by atoms with E-state index in [1.165, 1.54) is 65.0 Å². The summed E-state index contributed by atoms with van der Waals surface area (Å²) in [4.78, 5) is 2.61. The largest absolute Gasteiger partial charge is 0.301 e. The molecule has 6 heteroatoms. The molecule has 5 aromatic carbocycles. The Bertz CT molecular complexity index is 1730. The third kappa shape index (κ3) is 8.98. The van der Waals surface area contributed by atoms with Crippen molar-refractivity contribution in [2.45, 2.75) is 76.4 Å². The summed E-state index contributed by atoms with van der Waals surface area (Å²) in [5.74, 6) is 0. The lowest BCUT2D eigenvalue weighted by molar-refractivity contribution is 0.319. The lowest BCUT2D eigenvalue weighted by Gasteiger charge is -2.41. The van der Waals surface area contributed by atoms with Crippen LogP contribution >= 0.6 is 32.0 Å². The minimum atomic E-state index is -0.652. The van der Waals surface area contributed by atoms with Gasteiger partial charge < -0.3 is 4.90 Å². The van der Waals surface area contributed by atoms with Gasteiger partial charge in [0.05, 0.1) is 0 Å². The Hall–Kier alpha value is -2.26. The molecular formula is C46H56N2P4. The minimum Gasteiger partial charge on any atom is -0.301 e. The van der Waals surface area contributed by atoms with Gasteiger partial charge in [-0.25, -0.2) is 0 Å². The van der Waals surface area contributed by atoms with E-state index in [4.69, 9.17) is 0 Å². The molecule has 2 heterocycles. The molecule has 0 saturated carbocycles. The van der Waals surface area contributed by atoms with E-state index in [9.17, 15) is 0 Å². The van der Waals surface area contributed by atoms with E-state index in [1.807, 2.05) is 0 Å². The maximum Gasteiger partial charge on any atom is 0.0318 e. The highest BCUT2D eigenvalue weighted by atomic mass is 31.2. The van der Waals surface area contributed by atoms with E-state index in [0.717, 1.165) is 36.6 Å². The third-order valence-corrected chi connectivity index (χ3v) is 23.2. The quantitative estimate of drug-likeness (QED) is 0.110. The molecule has 0 amide bonds. The van der Waals surface area contributed by atoms with E-state index in [0.29, 0.717) is 0 Å². The predicted octanol–water partition coefficient (Wildman–Crippen LogP) is 9.87. The molecule has 2 aliphatic heterocycles. The summed E-state index contributed by atoms with van der Waals surface area (Å²) in [6.45, 7) is 10.7. The molecule has 270 valence electrons. The fourth-order valence-electron chi connectivity index (χ4n) is 8.29. The van der Waals surface area contributed by atoms with Crippen molar-refractivity contribution in [2.24, 2.45) is 0 Å². The van der Waals surface area contributed by atoms with Crippen molar-refractivity contribution in [2.75, 3.05) is 26.3 Å². The minimum absolute atomic E-state index is 0.176. The first-order valence-corrected chi connectivity index (χ1v) is 25.1. The molecule has 4 atom stereocenters. The van der Waals surface area contributed by atoms with Crippen molar-refractivity contribution in [3.8, 4) is 0 Å². The highest BCUT2D eigenvalue weighted by Gasteiger charge is 2.39. The Morgan fingerprint density at radius 3 is 1.62 bits per heavy atom. The van der Waals surface area contributed by atoms with Crippen molar-refractivity contribution < 1.29 is 0 Å². The molecule has 0 bridgehead atoms. The van der Waals surface area contributed by atoms with Crippen LogP contribution in [0.2, 0.25) is 0 Å². The van der Waals surface area contributed by atoms with Gasteiger partial charge in [0, 0.05) is 27.7 Å². The van der Waals surface area contributed by atoms with Gasteiger partial charge >= 0.3 is 0 Å². The SMILES string of the molecule is C[C@@H]1CCCCP1c1ccc(CN(C)CCN(P(c2ccccc2)c2ccccc2)P2[C@H](C)CC[C@H]2C)cc1P(c1ccccc1)c1ccccc1. The molecule has 1 unspecified atom stereocenters. The van der Waals surface area contributed by atoms with E-state index in [2.05, 4.69) is 177 Å². The maximum absolute atomic E-state index is 3.01. The Morgan fingerprint density at radius 1 is 0.577 bits per heavy atom. The molecular weight excluding hydrogens is 704 g/mol. The average Bonchev–Trinajstić information content (AvgIpc) is 3.52. The van der Waals surface area contributed by atoms with Gasteiger partial charge in [-0.15, -0.1) is 0 Å². The first-order valence-electron chi connectivity index (χ1n) is 19.4. The highest BCUT2D eigenvalue weighted by molar-refractivity contribution is 7.82. The summed E-state index contributed by atoms with van der Waals surface area (Å²) in [6, 6.07) is 53.3. The van der Waals surface area contributed by atoms with Gasteiger partial charge in [-0.1, -0.05) is 169 Å². The van der Waals surface area contributed by atoms with Gasteiger partial charge in [0.2, 0.25) is 0 Å². The van der Waals surface area contributed by atoms with Crippen molar-refractivity contribution in [3.05, 3.63) is 145 Å². The lowest BCUT2D eigenvalue weighted by atomic mass is 10.2. The molecule has 0 aromatic heterocycles. The first-order chi connectivity index (χ1) is 25.5. The molecule has 2 fully saturated rings. The number of hydrogen-bond acceptors (Lipinski definition) is 2. The van der Waals surface area contributed by atoms with Gasteiger partial charge in [0.15, 0.2) is 0 Å². The summed E-state index contributed by atoms with van der Waals surface area (Å²) in [5.41, 5.74) is 3.77. The summed E-state index contributed by atoms with van der Waals surface area (Å²) < 4.78 is 3.01. The summed E-state index contributed by atoms with van der Waals surface area (Å²) in [5, 5.41) is 9.16. The monoisotopic (exact) mass is 760 g/mol. The lowest BCUT2D eigenvalue weighted by Crippen LogP contribution is -2.35. The Labute approximate surface area is 319 Å². The number of nitrogens with zero attached hydrogens (tertiary/aromatic N) is 2. The molecule has 7 rings (SSSR count). The standard InChI is InChI=1S/C46H56N2P4/c1-37-19-17-18-34-49(37)45-31-30-40(35-46(45)50(41-20-9-5-10-21-41)42-22-11-6-12-23-42)36-47(4)32-33-48(51-38(2)28-29-39(51)3)52(43-24-13-7-14-25-43)44-26-15-8-16-27-44/h5-16,20-27,30-31,35,37-39H,17-19,28-29,32-34,36H2,1-4H3/t37-,38-,39-,49?/m1/s1. The van der Waals surface area contributed by atoms with Crippen LogP contribution in [0.1, 0.15) is 58.4 Å². The van der Waals surface area contributed by atoms with Gasteiger partial charge in [0.25, 0.3) is 0 Å². The molecule has 0 aliphatic carbocycles. The Morgan fingerprint density at radius 2 is 1.10 bits per heavy atom. The van der Waals surface area contributed by atoms with Gasteiger partial charge in [-0.2, -0.15) is 0 Å². The van der Waals surface area contributed by atoms with Crippen LogP contribution in [0.3, 0.4) is 0 Å². The number of likely N-dealkylation sites (N-methyl/N-ethyl adjacent to an activating group) is 1. The predicted molar refractivity (Wildman–Crippen MR) is 237 cm³/mol. The number of benzene rings is 5. The van der Waals surface area contributed by atoms with Crippen LogP contribution in [0.25, 0.3) is 0 Å². The molecule has 0 N–H and O–H groups in total. The van der Waals surface area contributed by atoms with Crippen molar-refractivity contribution in [3.63, 3.8) is 0 Å². The molecule has 2 aliphatic rings. The van der Waals surface area contributed by atoms with Crippen LogP contribution in [-0.4, -0.2) is 52.6 Å². The van der Waals surface area contributed by atoms with Crippen molar-refractivity contribution >= 4 is 63.8 Å². The highest BCUT2D eigenvalue weighted by Crippen LogP contribution is 2.65. The summed E-state index contributed by atoms with van der Waals surface area (Å²) in [6.07, 6.45) is 8.21. The smallest absolute Gasteiger partial charge is 0.0318 e. The fourth-order valence-corrected chi connectivity index (χ4v) is 21.7. The average molecular weight is 761 g/mol. The zero-order valence-corrected chi connectivity index (χ0v) is 35.1. The molecule has 2 saturated heterocycles. The van der Waals surface area contributed by atoms with Crippen LogP contribution in [0.5, 0.6) is 0 Å².